The second-order valence-electron chi connectivity index (χ2n) is 10.3. The molecule has 0 unspecified atom stereocenters. The molecule has 3 rings (SSSR count). The monoisotopic (exact) mass is 506 g/mol. The molecular weight excluding hydrogens is 472 g/mol. The molecule has 0 atom stereocenters. The minimum absolute atomic E-state index is 0.0171. The number of hydrogen-bond donors (Lipinski definition) is 1. The highest BCUT2D eigenvalue weighted by Gasteiger charge is 2.51. The Labute approximate surface area is 217 Å². The molecule has 8 nitrogen and oxygen atoms in total. The Morgan fingerprint density at radius 3 is 1.95 bits per heavy atom. The fourth-order valence-electron chi connectivity index (χ4n) is 4.31. The average Bonchev–Trinajstić information content (AvgIpc) is 3.19. The number of rotatable bonds is 9. The maximum atomic E-state index is 13.2. The Morgan fingerprint density at radius 2 is 1.43 bits per heavy atom. The van der Waals surface area contributed by atoms with Crippen LogP contribution in [0.1, 0.15) is 56.9 Å². The van der Waals surface area contributed by atoms with Gasteiger partial charge in [0.05, 0.1) is 32.3 Å². The van der Waals surface area contributed by atoms with E-state index < -0.39 is 23.6 Å². The van der Waals surface area contributed by atoms with Crippen LogP contribution in [0.2, 0.25) is 0 Å². The summed E-state index contributed by atoms with van der Waals surface area (Å²) in [6.07, 6.45) is -0.0777. The van der Waals surface area contributed by atoms with Crippen LogP contribution in [0.15, 0.2) is 36.4 Å². The zero-order chi connectivity index (χ0) is 27.2. The third-order valence-corrected chi connectivity index (χ3v) is 5.96. The molecule has 0 fully saturated rings. The molecule has 37 heavy (non-hydrogen) atoms. The number of benzene rings is 2. The Balaban J connectivity index is 1.95. The Bertz CT molecular complexity index is 1200. The van der Waals surface area contributed by atoms with Crippen molar-refractivity contribution in [2.24, 2.45) is 5.41 Å². The van der Waals surface area contributed by atoms with E-state index in [1.54, 1.807) is 13.8 Å². The number of nitriles is 1. The van der Waals surface area contributed by atoms with Crippen molar-refractivity contribution >= 4 is 18.0 Å². The SMILES string of the molecule is CCOC(=O)C(Cc1ccc2c(c1)Cc1cc(CC#N)ccc1-2)(NC(=O)OCC(C)(C)C)C(=O)OCC. The molecule has 2 aromatic rings. The molecule has 0 saturated carbocycles. The van der Waals surface area contributed by atoms with Crippen molar-refractivity contribution in [1.29, 1.82) is 5.26 Å². The van der Waals surface area contributed by atoms with Crippen LogP contribution in [0.5, 0.6) is 0 Å². The molecule has 1 aliphatic rings. The van der Waals surface area contributed by atoms with E-state index in [1.165, 1.54) is 0 Å². The van der Waals surface area contributed by atoms with Gasteiger partial charge in [-0.25, -0.2) is 14.4 Å². The summed E-state index contributed by atoms with van der Waals surface area (Å²) in [5.74, 6) is -1.82. The predicted molar refractivity (Wildman–Crippen MR) is 138 cm³/mol. The number of amides is 1. The van der Waals surface area contributed by atoms with Crippen molar-refractivity contribution in [1.82, 2.24) is 5.32 Å². The zero-order valence-corrected chi connectivity index (χ0v) is 22.1. The molecule has 8 heteroatoms. The van der Waals surface area contributed by atoms with E-state index in [1.807, 2.05) is 57.2 Å². The van der Waals surface area contributed by atoms with Crippen molar-refractivity contribution in [3.8, 4) is 17.2 Å². The number of carbonyl (C=O) groups excluding carboxylic acids is 3. The van der Waals surface area contributed by atoms with Gasteiger partial charge in [-0.05, 0) is 59.1 Å². The van der Waals surface area contributed by atoms with Crippen molar-refractivity contribution in [3.63, 3.8) is 0 Å². The second-order valence-corrected chi connectivity index (χ2v) is 10.3. The third-order valence-electron chi connectivity index (χ3n) is 5.96. The van der Waals surface area contributed by atoms with Crippen LogP contribution in [0.3, 0.4) is 0 Å². The minimum Gasteiger partial charge on any atom is -0.464 e. The number of nitrogens with one attached hydrogen (secondary N) is 1. The summed E-state index contributed by atoms with van der Waals surface area (Å²) < 4.78 is 15.8. The van der Waals surface area contributed by atoms with Gasteiger partial charge in [-0.3, -0.25) is 5.32 Å². The summed E-state index contributed by atoms with van der Waals surface area (Å²) in [6.45, 7) is 9.07. The number of alkyl carbamates (subject to hydrolysis) is 1. The molecule has 1 N–H and O–H groups in total. The lowest BCUT2D eigenvalue weighted by Gasteiger charge is -2.30. The number of ether oxygens (including phenoxy) is 3. The van der Waals surface area contributed by atoms with Crippen LogP contribution >= 0.6 is 0 Å². The number of nitrogens with zero attached hydrogens (tertiary/aromatic N) is 1. The van der Waals surface area contributed by atoms with Crippen LogP contribution in [-0.2, 0) is 43.1 Å². The minimum atomic E-state index is -2.11. The van der Waals surface area contributed by atoms with Gasteiger partial charge in [0.2, 0.25) is 5.54 Å². The van der Waals surface area contributed by atoms with E-state index >= 15 is 0 Å². The molecular formula is C29H34N2O6. The lowest BCUT2D eigenvalue weighted by Crippen LogP contribution is -2.63. The van der Waals surface area contributed by atoms with E-state index in [4.69, 9.17) is 19.5 Å². The summed E-state index contributed by atoms with van der Waals surface area (Å²) in [4.78, 5) is 39.2. The average molecular weight is 507 g/mol. The summed E-state index contributed by atoms with van der Waals surface area (Å²) in [7, 11) is 0. The summed E-state index contributed by atoms with van der Waals surface area (Å²) >= 11 is 0. The molecule has 0 aliphatic heterocycles. The Hall–Kier alpha value is -3.86. The Morgan fingerprint density at radius 1 is 0.892 bits per heavy atom. The van der Waals surface area contributed by atoms with E-state index in [9.17, 15) is 14.4 Å². The van der Waals surface area contributed by atoms with Gasteiger partial charge >= 0.3 is 18.0 Å². The van der Waals surface area contributed by atoms with Crippen LogP contribution in [0.4, 0.5) is 4.79 Å². The molecule has 196 valence electrons. The van der Waals surface area contributed by atoms with Gasteiger partial charge in [0.1, 0.15) is 0 Å². The van der Waals surface area contributed by atoms with E-state index in [-0.39, 0.29) is 31.7 Å². The lowest BCUT2D eigenvalue weighted by atomic mass is 9.89. The summed E-state index contributed by atoms with van der Waals surface area (Å²) in [5.41, 5.74) is 3.48. The molecule has 2 aromatic carbocycles. The highest BCUT2D eigenvalue weighted by atomic mass is 16.6. The molecule has 0 bridgehead atoms. The van der Waals surface area contributed by atoms with Gasteiger partial charge in [-0.15, -0.1) is 0 Å². The quantitative estimate of drug-likeness (QED) is 0.258. The highest BCUT2D eigenvalue weighted by Crippen LogP contribution is 2.38. The Kier molecular flexibility index (Phi) is 8.59. The molecule has 0 aromatic heterocycles. The van der Waals surface area contributed by atoms with Crippen LogP contribution in [-0.4, -0.2) is 43.4 Å². The van der Waals surface area contributed by atoms with Gasteiger partial charge in [0, 0.05) is 6.42 Å². The number of esters is 2. The second kappa shape index (κ2) is 11.5. The normalized spacial score (nSPS) is 12.1. The first-order chi connectivity index (χ1) is 17.5. The number of carbonyl (C=O) groups is 3. The fourth-order valence-corrected chi connectivity index (χ4v) is 4.31. The van der Waals surface area contributed by atoms with Gasteiger partial charge in [-0.1, -0.05) is 57.2 Å². The van der Waals surface area contributed by atoms with Crippen molar-refractivity contribution in [2.45, 2.75) is 59.4 Å². The van der Waals surface area contributed by atoms with Gasteiger partial charge in [0.25, 0.3) is 0 Å². The predicted octanol–water partition coefficient (Wildman–Crippen LogP) is 4.50. The van der Waals surface area contributed by atoms with Crippen LogP contribution in [0, 0.1) is 16.7 Å². The molecule has 0 saturated heterocycles. The van der Waals surface area contributed by atoms with E-state index in [2.05, 4.69) is 11.4 Å². The van der Waals surface area contributed by atoms with E-state index in [0.717, 1.165) is 27.8 Å². The van der Waals surface area contributed by atoms with Crippen molar-refractivity contribution in [3.05, 3.63) is 58.7 Å². The molecule has 0 heterocycles. The zero-order valence-electron chi connectivity index (χ0n) is 22.1. The van der Waals surface area contributed by atoms with Crippen molar-refractivity contribution < 1.29 is 28.6 Å². The van der Waals surface area contributed by atoms with Gasteiger partial charge < -0.3 is 14.2 Å². The number of fused-ring (bicyclic) bond motifs is 3. The number of hydrogen-bond acceptors (Lipinski definition) is 7. The smallest absolute Gasteiger partial charge is 0.408 e. The maximum Gasteiger partial charge on any atom is 0.408 e. The maximum absolute atomic E-state index is 13.2. The molecule has 0 spiro atoms. The van der Waals surface area contributed by atoms with Gasteiger partial charge in [0.15, 0.2) is 0 Å². The largest absolute Gasteiger partial charge is 0.464 e. The van der Waals surface area contributed by atoms with Crippen LogP contribution < -0.4 is 5.32 Å². The van der Waals surface area contributed by atoms with Crippen molar-refractivity contribution in [2.75, 3.05) is 19.8 Å². The standard InChI is InChI=1S/C29H34N2O6/c1-6-35-25(32)29(26(33)36-7-2,31-27(34)37-18-28(3,4)5)17-20-9-11-24-22(15-20)16-21-14-19(12-13-30)8-10-23(21)24/h8-11,14-15H,6-7,12,16-18H2,1-5H3,(H,31,34). The molecule has 1 amide bonds. The van der Waals surface area contributed by atoms with Crippen LogP contribution in [0.25, 0.3) is 11.1 Å². The first-order valence-electron chi connectivity index (χ1n) is 12.4. The molecule has 0 radical (unpaired) electrons. The fraction of sp³-hybridized carbons (Fsp3) is 0.448. The van der Waals surface area contributed by atoms with E-state index in [0.29, 0.717) is 18.4 Å². The first kappa shape index (κ1) is 27.7. The van der Waals surface area contributed by atoms with Gasteiger partial charge in [-0.2, -0.15) is 5.26 Å². The summed E-state index contributed by atoms with van der Waals surface area (Å²) in [6, 6.07) is 13.9. The first-order valence-corrected chi connectivity index (χ1v) is 12.4. The molecule has 1 aliphatic carbocycles. The summed E-state index contributed by atoms with van der Waals surface area (Å²) in [5, 5.41) is 11.5. The topological polar surface area (TPSA) is 115 Å². The third kappa shape index (κ3) is 6.48. The lowest BCUT2D eigenvalue weighted by molar-refractivity contribution is -0.166. The highest BCUT2D eigenvalue weighted by molar-refractivity contribution is 6.07.